The number of ether oxygens (including phenoxy) is 1. The zero-order chi connectivity index (χ0) is 12.4. The Labute approximate surface area is 108 Å². The first kappa shape index (κ1) is 12.1. The van der Waals surface area contributed by atoms with Gasteiger partial charge in [-0.2, -0.15) is 0 Å². The molecule has 0 aromatic carbocycles. The topological polar surface area (TPSA) is 66.0 Å². The quantitative estimate of drug-likeness (QED) is 0.880. The van der Waals surface area contributed by atoms with Crippen LogP contribution in [0.3, 0.4) is 0 Å². The van der Waals surface area contributed by atoms with E-state index in [4.69, 9.17) is 10.5 Å². The fourth-order valence-electron chi connectivity index (χ4n) is 3.35. The van der Waals surface area contributed by atoms with Crippen LogP contribution in [-0.2, 0) is 10.2 Å². The van der Waals surface area contributed by atoms with Crippen molar-refractivity contribution in [1.82, 2.24) is 14.8 Å². The minimum Gasteiger partial charge on any atom is -0.381 e. The summed E-state index contributed by atoms with van der Waals surface area (Å²) in [6.45, 7) is 2.21. The van der Waals surface area contributed by atoms with Crippen molar-refractivity contribution in [2.75, 3.05) is 19.8 Å². The van der Waals surface area contributed by atoms with Gasteiger partial charge in [0, 0.05) is 31.2 Å². The molecule has 1 aromatic rings. The van der Waals surface area contributed by atoms with Gasteiger partial charge in [0.1, 0.15) is 12.2 Å². The zero-order valence-corrected chi connectivity index (χ0v) is 10.8. The van der Waals surface area contributed by atoms with Crippen molar-refractivity contribution >= 4 is 0 Å². The van der Waals surface area contributed by atoms with E-state index in [0.29, 0.717) is 12.6 Å². The molecule has 0 radical (unpaired) electrons. The Hall–Kier alpha value is -0.940. The first-order chi connectivity index (χ1) is 8.86. The summed E-state index contributed by atoms with van der Waals surface area (Å²) in [7, 11) is 0. The SMILES string of the molecule is NCC1(c2nncn2C2CCCC2)CCOCC1. The Balaban J connectivity index is 1.92. The maximum absolute atomic E-state index is 6.06. The molecule has 5 nitrogen and oxygen atoms in total. The normalized spacial score (nSPS) is 24.5. The lowest BCUT2D eigenvalue weighted by Gasteiger charge is -2.36. The van der Waals surface area contributed by atoms with Gasteiger partial charge in [0.2, 0.25) is 0 Å². The Morgan fingerprint density at radius 2 is 2.06 bits per heavy atom. The number of nitrogens with zero attached hydrogens (tertiary/aromatic N) is 3. The number of hydrogen-bond acceptors (Lipinski definition) is 4. The van der Waals surface area contributed by atoms with Gasteiger partial charge in [-0.1, -0.05) is 12.8 Å². The molecule has 0 unspecified atom stereocenters. The summed E-state index contributed by atoms with van der Waals surface area (Å²) in [5.74, 6) is 1.10. The molecule has 0 bridgehead atoms. The lowest BCUT2D eigenvalue weighted by Crippen LogP contribution is -2.43. The molecule has 1 aliphatic carbocycles. The van der Waals surface area contributed by atoms with Crippen LogP contribution in [0.5, 0.6) is 0 Å². The summed E-state index contributed by atoms with van der Waals surface area (Å²) in [4.78, 5) is 0. The molecule has 2 fully saturated rings. The van der Waals surface area contributed by atoms with Gasteiger partial charge < -0.3 is 15.0 Å². The predicted octanol–water partition coefficient (Wildman–Crippen LogP) is 1.40. The molecule has 0 spiro atoms. The molecular formula is C13H22N4O. The highest BCUT2D eigenvalue weighted by molar-refractivity contribution is 5.12. The lowest BCUT2D eigenvalue weighted by atomic mass is 9.79. The highest BCUT2D eigenvalue weighted by Gasteiger charge is 2.38. The van der Waals surface area contributed by atoms with Crippen LogP contribution < -0.4 is 5.73 Å². The highest BCUT2D eigenvalue weighted by Crippen LogP contribution is 2.37. The van der Waals surface area contributed by atoms with E-state index in [2.05, 4.69) is 14.8 Å². The number of rotatable bonds is 3. The molecule has 1 aromatic heterocycles. The summed E-state index contributed by atoms with van der Waals surface area (Å²) < 4.78 is 7.77. The molecule has 3 rings (SSSR count). The molecule has 2 aliphatic rings. The second-order valence-electron chi connectivity index (χ2n) is 5.60. The standard InChI is InChI=1S/C13H22N4O/c14-9-13(5-7-18-8-6-13)12-16-15-10-17(12)11-3-1-2-4-11/h10-11H,1-9,14H2. The largest absolute Gasteiger partial charge is 0.381 e. The van der Waals surface area contributed by atoms with Gasteiger partial charge in [-0.25, -0.2) is 0 Å². The van der Waals surface area contributed by atoms with E-state index in [1.54, 1.807) is 0 Å². The van der Waals surface area contributed by atoms with E-state index in [1.165, 1.54) is 25.7 Å². The molecule has 0 amide bonds. The summed E-state index contributed by atoms with van der Waals surface area (Å²) in [6.07, 6.45) is 8.98. The number of aromatic nitrogens is 3. The minimum atomic E-state index is -0.0165. The molecule has 5 heteroatoms. The van der Waals surface area contributed by atoms with Gasteiger partial charge in [0.05, 0.1) is 0 Å². The van der Waals surface area contributed by atoms with Crippen molar-refractivity contribution in [3.63, 3.8) is 0 Å². The third kappa shape index (κ3) is 1.95. The fraction of sp³-hybridized carbons (Fsp3) is 0.846. The number of nitrogens with two attached hydrogens (primary N) is 1. The smallest absolute Gasteiger partial charge is 0.140 e. The Morgan fingerprint density at radius 3 is 2.72 bits per heavy atom. The Kier molecular flexibility index (Phi) is 3.35. The van der Waals surface area contributed by atoms with Crippen molar-refractivity contribution in [3.8, 4) is 0 Å². The van der Waals surface area contributed by atoms with E-state index in [0.717, 1.165) is 31.9 Å². The molecule has 2 heterocycles. The van der Waals surface area contributed by atoms with E-state index < -0.39 is 0 Å². The first-order valence-electron chi connectivity index (χ1n) is 7.03. The first-order valence-corrected chi connectivity index (χ1v) is 7.03. The number of hydrogen-bond donors (Lipinski definition) is 1. The van der Waals surface area contributed by atoms with Crippen molar-refractivity contribution in [3.05, 3.63) is 12.2 Å². The molecule has 1 aliphatic heterocycles. The molecule has 18 heavy (non-hydrogen) atoms. The van der Waals surface area contributed by atoms with Crippen LogP contribution in [0, 0.1) is 0 Å². The second kappa shape index (κ2) is 4.97. The third-order valence-electron chi connectivity index (χ3n) is 4.61. The van der Waals surface area contributed by atoms with E-state index in [9.17, 15) is 0 Å². The van der Waals surface area contributed by atoms with Crippen molar-refractivity contribution in [2.45, 2.75) is 50.0 Å². The van der Waals surface area contributed by atoms with E-state index >= 15 is 0 Å². The molecule has 2 N–H and O–H groups in total. The van der Waals surface area contributed by atoms with Crippen LogP contribution >= 0.6 is 0 Å². The fourth-order valence-corrected chi connectivity index (χ4v) is 3.35. The van der Waals surface area contributed by atoms with Gasteiger partial charge in [-0.15, -0.1) is 10.2 Å². The van der Waals surface area contributed by atoms with Gasteiger partial charge in [0.25, 0.3) is 0 Å². The molecule has 100 valence electrons. The van der Waals surface area contributed by atoms with Crippen molar-refractivity contribution < 1.29 is 4.74 Å². The van der Waals surface area contributed by atoms with Crippen LogP contribution in [0.4, 0.5) is 0 Å². The van der Waals surface area contributed by atoms with Crippen molar-refractivity contribution in [2.24, 2.45) is 5.73 Å². The molecule has 1 saturated carbocycles. The molecule has 1 saturated heterocycles. The van der Waals surface area contributed by atoms with Crippen LogP contribution in [0.1, 0.15) is 50.4 Å². The maximum atomic E-state index is 6.06. The summed E-state index contributed by atoms with van der Waals surface area (Å²) in [6, 6.07) is 0.585. The van der Waals surface area contributed by atoms with Gasteiger partial charge in [0.15, 0.2) is 0 Å². The zero-order valence-electron chi connectivity index (χ0n) is 10.8. The summed E-state index contributed by atoms with van der Waals surface area (Å²) in [5.41, 5.74) is 6.04. The summed E-state index contributed by atoms with van der Waals surface area (Å²) >= 11 is 0. The van der Waals surface area contributed by atoms with Gasteiger partial charge >= 0.3 is 0 Å². The average Bonchev–Trinajstić information content (AvgIpc) is 3.10. The maximum Gasteiger partial charge on any atom is 0.140 e. The molecule has 0 atom stereocenters. The van der Waals surface area contributed by atoms with Crippen molar-refractivity contribution in [1.29, 1.82) is 0 Å². The highest BCUT2D eigenvalue weighted by atomic mass is 16.5. The van der Waals surface area contributed by atoms with Crippen LogP contribution in [-0.4, -0.2) is 34.5 Å². The van der Waals surface area contributed by atoms with E-state index in [1.807, 2.05) is 6.33 Å². The minimum absolute atomic E-state index is 0.0165. The van der Waals surface area contributed by atoms with Crippen LogP contribution in [0.2, 0.25) is 0 Å². The predicted molar refractivity (Wildman–Crippen MR) is 68.3 cm³/mol. The van der Waals surface area contributed by atoms with Gasteiger partial charge in [-0.3, -0.25) is 0 Å². The average molecular weight is 250 g/mol. The van der Waals surface area contributed by atoms with E-state index in [-0.39, 0.29) is 5.41 Å². The van der Waals surface area contributed by atoms with Gasteiger partial charge in [-0.05, 0) is 25.7 Å². The third-order valence-corrected chi connectivity index (χ3v) is 4.61. The lowest BCUT2D eigenvalue weighted by molar-refractivity contribution is 0.0480. The Bertz CT molecular complexity index is 391. The Morgan fingerprint density at radius 1 is 1.33 bits per heavy atom. The second-order valence-corrected chi connectivity index (χ2v) is 5.60. The summed E-state index contributed by atoms with van der Waals surface area (Å²) in [5, 5.41) is 8.56. The molecular weight excluding hydrogens is 228 g/mol. The van der Waals surface area contributed by atoms with Crippen LogP contribution in [0.25, 0.3) is 0 Å². The van der Waals surface area contributed by atoms with Crippen LogP contribution in [0.15, 0.2) is 6.33 Å². The monoisotopic (exact) mass is 250 g/mol.